The lowest BCUT2D eigenvalue weighted by molar-refractivity contribution is -0.123. The van der Waals surface area contributed by atoms with Crippen LogP contribution in [0.25, 0.3) is 0 Å². The molecular formula is C13H14N4O2. The van der Waals surface area contributed by atoms with Crippen LogP contribution in [-0.2, 0) is 9.59 Å². The van der Waals surface area contributed by atoms with E-state index < -0.39 is 11.8 Å². The van der Waals surface area contributed by atoms with Crippen LogP contribution in [0.1, 0.15) is 18.9 Å². The van der Waals surface area contributed by atoms with E-state index in [1.54, 1.807) is 0 Å². The molecule has 2 rings (SSSR count). The molecule has 1 heterocycles. The largest absolute Gasteiger partial charge is 0.288 e. The van der Waals surface area contributed by atoms with E-state index in [4.69, 9.17) is 0 Å². The highest BCUT2D eigenvalue weighted by atomic mass is 16.2. The number of carbonyl (C=O) groups is 2. The van der Waals surface area contributed by atoms with E-state index in [2.05, 4.69) is 21.1 Å². The molecule has 19 heavy (non-hydrogen) atoms. The third-order valence-electron chi connectivity index (χ3n) is 2.75. The Labute approximate surface area is 110 Å². The van der Waals surface area contributed by atoms with Crippen molar-refractivity contribution in [2.75, 3.05) is 0 Å². The van der Waals surface area contributed by atoms with E-state index in [9.17, 15) is 9.59 Å². The average Bonchev–Trinajstić information content (AvgIpc) is 2.81. The van der Waals surface area contributed by atoms with Crippen LogP contribution in [0.15, 0.2) is 40.5 Å². The molecule has 2 N–H and O–H groups in total. The van der Waals surface area contributed by atoms with Crippen LogP contribution in [0.3, 0.4) is 0 Å². The van der Waals surface area contributed by atoms with Gasteiger partial charge in [0.15, 0.2) is 0 Å². The quantitative estimate of drug-likeness (QED) is 0.614. The molecule has 98 valence electrons. The zero-order valence-corrected chi connectivity index (χ0v) is 10.5. The van der Waals surface area contributed by atoms with Crippen molar-refractivity contribution in [2.45, 2.75) is 13.3 Å². The summed E-state index contributed by atoms with van der Waals surface area (Å²) in [5.74, 6) is -1.20. The minimum absolute atomic E-state index is 0.178. The van der Waals surface area contributed by atoms with E-state index in [1.807, 2.05) is 37.3 Å². The van der Waals surface area contributed by atoms with Gasteiger partial charge in [-0.3, -0.25) is 9.59 Å². The average molecular weight is 258 g/mol. The molecule has 0 saturated carbocycles. The first-order valence-electron chi connectivity index (χ1n) is 5.98. The van der Waals surface area contributed by atoms with Crippen molar-refractivity contribution in [1.82, 2.24) is 10.9 Å². The van der Waals surface area contributed by atoms with Crippen LogP contribution in [-0.4, -0.2) is 23.7 Å². The Kier molecular flexibility index (Phi) is 4.02. The van der Waals surface area contributed by atoms with Crippen molar-refractivity contribution < 1.29 is 9.59 Å². The zero-order chi connectivity index (χ0) is 13.7. The van der Waals surface area contributed by atoms with Crippen LogP contribution < -0.4 is 10.9 Å². The maximum atomic E-state index is 11.8. The van der Waals surface area contributed by atoms with Crippen LogP contribution in [0.4, 0.5) is 0 Å². The summed E-state index contributed by atoms with van der Waals surface area (Å²) in [7, 11) is 0. The summed E-state index contributed by atoms with van der Waals surface area (Å²) in [5.41, 5.74) is 5.71. The lowest BCUT2D eigenvalue weighted by atomic mass is 10.0. The minimum Gasteiger partial charge on any atom is -0.272 e. The van der Waals surface area contributed by atoms with Gasteiger partial charge in [0, 0.05) is 0 Å². The lowest BCUT2D eigenvalue weighted by Gasteiger charge is -2.05. The predicted molar refractivity (Wildman–Crippen MR) is 71.5 cm³/mol. The monoisotopic (exact) mass is 258 g/mol. The Hall–Kier alpha value is -2.50. The minimum atomic E-state index is -0.494. The Morgan fingerprint density at radius 3 is 2.89 bits per heavy atom. The van der Waals surface area contributed by atoms with Crippen molar-refractivity contribution >= 4 is 23.7 Å². The molecule has 1 atom stereocenters. The van der Waals surface area contributed by atoms with Gasteiger partial charge in [-0.2, -0.15) is 10.2 Å². The number of benzene rings is 1. The second-order valence-electron chi connectivity index (χ2n) is 4.04. The Bertz CT molecular complexity index is 537. The van der Waals surface area contributed by atoms with E-state index in [-0.39, 0.29) is 11.6 Å². The fraction of sp³-hybridized carbons (Fsp3) is 0.231. The lowest BCUT2D eigenvalue weighted by Crippen LogP contribution is -2.33. The van der Waals surface area contributed by atoms with Crippen molar-refractivity contribution in [3.63, 3.8) is 0 Å². The first-order valence-corrected chi connectivity index (χ1v) is 5.98. The third kappa shape index (κ3) is 3.04. The molecule has 0 unspecified atom stereocenters. The van der Waals surface area contributed by atoms with Crippen molar-refractivity contribution in [2.24, 2.45) is 16.1 Å². The van der Waals surface area contributed by atoms with Gasteiger partial charge in [0.1, 0.15) is 5.71 Å². The Morgan fingerprint density at radius 2 is 2.21 bits per heavy atom. The molecule has 0 fully saturated rings. The molecule has 1 aliphatic heterocycles. The first kappa shape index (κ1) is 12.9. The van der Waals surface area contributed by atoms with Gasteiger partial charge in [0.05, 0.1) is 12.1 Å². The number of carbonyl (C=O) groups excluding carboxylic acids is 2. The molecule has 0 radical (unpaired) electrons. The van der Waals surface area contributed by atoms with Gasteiger partial charge in [-0.05, 0) is 12.0 Å². The molecule has 6 heteroatoms. The SMILES string of the molecule is CC[C@@H]1C(=O)NN=C1C(=O)N/N=C\c1ccccc1. The normalized spacial score (nSPS) is 18.3. The second kappa shape index (κ2) is 5.90. The number of nitrogens with zero attached hydrogens (tertiary/aromatic N) is 2. The number of hydrazone groups is 2. The van der Waals surface area contributed by atoms with E-state index >= 15 is 0 Å². The second-order valence-corrected chi connectivity index (χ2v) is 4.04. The van der Waals surface area contributed by atoms with Crippen molar-refractivity contribution in [3.8, 4) is 0 Å². The highest BCUT2D eigenvalue weighted by Crippen LogP contribution is 2.11. The summed E-state index contributed by atoms with van der Waals surface area (Å²) in [5, 5.41) is 7.56. The van der Waals surface area contributed by atoms with E-state index in [1.165, 1.54) is 6.21 Å². The topological polar surface area (TPSA) is 82.9 Å². The summed E-state index contributed by atoms with van der Waals surface area (Å²) < 4.78 is 0. The van der Waals surface area contributed by atoms with Crippen molar-refractivity contribution in [1.29, 1.82) is 0 Å². The standard InChI is InChI=1S/C13H14N4O2/c1-2-10-11(15-17-12(10)18)13(19)16-14-8-9-6-4-3-5-7-9/h3-8,10H,2H2,1H3,(H,16,19)(H,17,18)/b14-8-/t10-/m0/s1. The molecule has 6 nitrogen and oxygen atoms in total. The van der Waals surface area contributed by atoms with Gasteiger partial charge in [-0.25, -0.2) is 10.9 Å². The molecular weight excluding hydrogens is 244 g/mol. The summed E-state index contributed by atoms with van der Waals surface area (Å²) >= 11 is 0. The Balaban J connectivity index is 1.95. The fourth-order valence-electron chi connectivity index (χ4n) is 1.74. The van der Waals surface area contributed by atoms with Gasteiger partial charge >= 0.3 is 0 Å². The summed E-state index contributed by atoms with van der Waals surface area (Å²) in [6.45, 7) is 1.83. The van der Waals surface area contributed by atoms with Gasteiger partial charge < -0.3 is 0 Å². The maximum Gasteiger partial charge on any atom is 0.288 e. The van der Waals surface area contributed by atoms with Gasteiger partial charge in [-0.15, -0.1) is 0 Å². The summed E-state index contributed by atoms with van der Waals surface area (Å²) in [6.07, 6.45) is 2.06. The maximum absolute atomic E-state index is 11.8. The van der Waals surface area contributed by atoms with E-state index in [0.717, 1.165) is 5.56 Å². The summed E-state index contributed by atoms with van der Waals surface area (Å²) in [4.78, 5) is 23.2. The van der Waals surface area contributed by atoms with Crippen LogP contribution in [0.5, 0.6) is 0 Å². The zero-order valence-electron chi connectivity index (χ0n) is 10.5. The molecule has 1 aliphatic rings. The van der Waals surface area contributed by atoms with Crippen molar-refractivity contribution in [3.05, 3.63) is 35.9 Å². The molecule has 1 aromatic rings. The summed E-state index contributed by atoms with van der Waals surface area (Å²) in [6, 6.07) is 9.37. The molecule has 1 aromatic carbocycles. The number of amides is 2. The molecule has 0 aliphatic carbocycles. The number of nitrogens with one attached hydrogen (secondary N) is 2. The highest BCUT2D eigenvalue weighted by Gasteiger charge is 2.32. The highest BCUT2D eigenvalue weighted by molar-refractivity contribution is 6.44. The van der Waals surface area contributed by atoms with Crippen LogP contribution in [0.2, 0.25) is 0 Å². The first-order chi connectivity index (χ1) is 9.22. The number of hydrogen-bond acceptors (Lipinski definition) is 4. The van der Waals surface area contributed by atoms with Crippen LogP contribution >= 0.6 is 0 Å². The number of rotatable bonds is 4. The molecule has 0 spiro atoms. The molecule has 0 aromatic heterocycles. The molecule has 0 bridgehead atoms. The van der Waals surface area contributed by atoms with Crippen LogP contribution in [0, 0.1) is 5.92 Å². The van der Waals surface area contributed by atoms with Gasteiger partial charge in [0.2, 0.25) is 5.91 Å². The molecule has 2 amide bonds. The smallest absolute Gasteiger partial charge is 0.272 e. The molecule has 0 saturated heterocycles. The van der Waals surface area contributed by atoms with Gasteiger partial charge in [-0.1, -0.05) is 37.3 Å². The third-order valence-corrected chi connectivity index (χ3v) is 2.75. The fourth-order valence-corrected chi connectivity index (χ4v) is 1.74. The predicted octanol–water partition coefficient (Wildman–Crippen LogP) is 0.649. The Morgan fingerprint density at radius 1 is 1.47 bits per heavy atom. The van der Waals surface area contributed by atoms with Gasteiger partial charge in [0.25, 0.3) is 5.91 Å². The van der Waals surface area contributed by atoms with E-state index in [0.29, 0.717) is 6.42 Å². The number of hydrogen-bond donors (Lipinski definition) is 2.